The lowest BCUT2D eigenvalue weighted by Crippen LogP contribution is -2.31. The first-order valence-electron chi connectivity index (χ1n) is 8.65. The largest absolute Gasteiger partial charge is 0.333 e. The Hall–Kier alpha value is -1.82. The Morgan fingerprint density at radius 1 is 1.46 bits per heavy atom. The number of nitrogens with zero attached hydrogens (tertiary/aromatic N) is 2. The van der Waals surface area contributed by atoms with Crippen molar-refractivity contribution in [3.8, 4) is 0 Å². The highest BCUT2D eigenvalue weighted by atomic mass is 32.2. The number of para-hydroxylation sites is 2. The minimum atomic E-state index is -0.200. The first-order valence-corrected chi connectivity index (χ1v) is 9.53. The molecule has 1 aromatic carbocycles. The van der Waals surface area contributed by atoms with Crippen molar-refractivity contribution in [2.75, 3.05) is 0 Å². The quantitative estimate of drug-likeness (QED) is 0.633. The van der Waals surface area contributed by atoms with Crippen LogP contribution in [0.25, 0.3) is 11.0 Å². The predicted octanol–water partition coefficient (Wildman–Crippen LogP) is 4.12. The topological polar surface area (TPSA) is 70.1 Å². The molecule has 1 saturated carbocycles. The molecule has 128 valence electrons. The van der Waals surface area contributed by atoms with Crippen LogP contribution in [0.4, 0.5) is 0 Å². The Morgan fingerprint density at radius 2 is 2.29 bits per heavy atom. The van der Waals surface area contributed by atoms with Crippen LogP contribution in [0.15, 0.2) is 34.5 Å². The maximum absolute atomic E-state index is 12.5. The van der Waals surface area contributed by atoms with Gasteiger partial charge in [0.05, 0.1) is 16.3 Å². The molecule has 2 N–H and O–H groups in total. The number of hydrogen-bond acceptors (Lipinski definition) is 4. The van der Waals surface area contributed by atoms with Crippen LogP contribution < -0.4 is 5.43 Å². The summed E-state index contributed by atoms with van der Waals surface area (Å²) in [5.41, 5.74) is 5.81. The number of rotatable bonds is 5. The van der Waals surface area contributed by atoms with Crippen molar-refractivity contribution in [3.63, 3.8) is 0 Å². The second-order valence-corrected chi connectivity index (χ2v) is 7.49. The number of aromatic nitrogens is 2. The smallest absolute Gasteiger partial charge is 0.253 e. The maximum Gasteiger partial charge on any atom is 0.253 e. The van der Waals surface area contributed by atoms with Crippen LogP contribution in [0.1, 0.15) is 46.0 Å². The van der Waals surface area contributed by atoms with Gasteiger partial charge in [-0.15, -0.1) is 0 Å². The Balaban J connectivity index is 1.64. The van der Waals surface area contributed by atoms with E-state index in [4.69, 9.17) is 0 Å². The second-order valence-electron chi connectivity index (χ2n) is 6.30. The lowest BCUT2D eigenvalue weighted by Gasteiger charge is -2.20. The van der Waals surface area contributed by atoms with Gasteiger partial charge in [0.25, 0.3) is 5.91 Å². The van der Waals surface area contributed by atoms with Gasteiger partial charge in [-0.1, -0.05) is 44.2 Å². The highest BCUT2D eigenvalue weighted by Gasteiger charge is 2.21. The van der Waals surface area contributed by atoms with E-state index in [1.165, 1.54) is 31.0 Å². The van der Waals surface area contributed by atoms with Crippen molar-refractivity contribution < 1.29 is 4.79 Å². The summed E-state index contributed by atoms with van der Waals surface area (Å²) in [7, 11) is 0. The highest BCUT2D eigenvalue weighted by Crippen LogP contribution is 2.26. The van der Waals surface area contributed by atoms with Gasteiger partial charge in [0.1, 0.15) is 0 Å². The van der Waals surface area contributed by atoms with Gasteiger partial charge in [0.15, 0.2) is 5.16 Å². The molecule has 0 saturated heterocycles. The number of imidazole rings is 1. The number of aromatic amines is 1. The molecule has 1 aliphatic carbocycles. The molecule has 2 atom stereocenters. The Kier molecular flexibility index (Phi) is 5.56. The van der Waals surface area contributed by atoms with E-state index in [0.717, 1.165) is 34.7 Å². The van der Waals surface area contributed by atoms with E-state index in [9.17, 15) is 4.79 Å². The summed E-state index contributed by atoms with van der Waals surface area (Å²) >= 11 is 1.46. The predicted molar refractivity (Wildman–Crippen MR) is 99.2 cm³/mol. The minimum Gasteiger partial charge on any atom is -0.333 e. The molecular weight excluding hydrogens is 320 g/mol. The molecule has 1 heterocycles. The van der Waals surface area contributed by atoms with Crippen molar-refractivity contribution in [3.05, 3.63) is 24.3 Å². The lowest BCUT2D eigenvalue weighted by atomic mass is 9.89. The summed E-state index contributed by atoms with van der Waals surface area (Å²) in [5, 5.41) is 4.97. The zero-order valence-electron chi connectivity index (χ0n) is 14.2. The Morgan fingerprint density at radius 3 is 3.04 bits per heavy atom. The van der Waals surface area contributed by atoms with Crippen LogP contribution in [-0.4, -0.2) is 26.8 Å². The molecule has 3 rings (SSSR count). The third-order valence-corrected chi connectivity index (χ3v) is 5.73. The summed E-state index contributed by atoms with van der Waals surface area (Å²) in [6, 6.07) is 7.89. The average molecular weight is 344 g/mol. The number of hydrazone groups is 1. The van der Waals surface area contributed by atoms with Gasteiger partial charge >= 0.3 is 0 Å². The molecule has 1 amide bonds. The van der Waals surface area contributed by atoms with Crippen molar-refractivity contribution in [1.29, 1.82) is 0 Å². The highest BCUT2D eigenvalue weighted by molar-refractivity contribution is 8.00. The lowest BCUT2D eigenvalue weighted by molar-refractivity contribution is -0.120. The van der Waals surface area contributed by atoms with E-state index in [2.05, 4.69) is 27.4 Å². The number of hydrogen-bond donors (Lipinski definition) is 2. The maximum atomic E-state index is 12.5. The van der Waals surface area contributed by atoms with Crippen molar-refractivity contribution >= 4 is 34.4 Å². The van der Waals surface area contributed by atoms with Crippen LogP contribution in [0.5, 0.6) is 0 Å². The number of amides is 1. The fraction of sp³-hybridized carbons (Fsp3) is 0.500. The van der Waals surface area contributed by atoms with Gasteiger partial charge in [-0.3, -0.25) is 4.79 Å². The molecule has 5 nitrogen and oxygen atoms in total. The van der Waals surface area contributed by atoms with E-state index in [0.29, 0.717) is 5.92 Å². The zero-order chi connectivity index (χ0) is 16.9. The Labute approximate surface area is 146 Å². The summed E-state index contributed by atoms with van der Waals surface area (Å²) < 4.78 is 0. The summed E-state index contributed by atoms with van der Waals surface area (Å²) in [5.74, 6) is 0.426. The van der Waals surface area contributed by atoms with Gasteiger partial charge in [-0.2, -0.15) is 5.10 Å². The number of benzene rings is 1. The molecule has 0 bridgehead atoms. The molecule has 24 heavy (non-hydrogen) atoms. The molecule has 0 aliphatic heterocycles. The third-order valence-electron chi connectivity index (χ3n) is 4.48. The molecular formula is C18H24N4OS. The zero-order valence-corrected chi connectivity index (χ0v) is 15.0. The van der Waals surface area contributed by atoms with Crippen molar-refractivity contribution in [1.82, 2.24) is 15.4 Å². The monoisotopic (exact) mass is 344 g/mol. The standard InChI is InChI=1S/C18H24N4OS/c1-3-16(17(23)22-21-13-9-5-4-8-12(13)2)24-18-19-14-10-6-7-11-15(14)20-18/h6-7,10-12,16H,3-5,8-9H2,1-2H3,(H,19,20)(H,22,23)/b21-13+. The number of carbonyl (C=O) groups is 1. The van der Waals surface area contributed by atoms with Crippen LogP contribution in [0.2, 0.25) is 0 Å². The number of fused-ring (bicyclic) bond motifs is 1. The molecule has 2 unspecified atom stereocenters. The molecule has 1 fully saturated rings. The van der Waals surface area contributed by atoms with Gasteiger partial charge in [-0.25, -0.2) is 10.4 Å². The first-order chi connectivity index (χ1) is 11.7. The summed E-state index contributed by atoms with van der Waals surface area (Å²) in [4.78, 5) is 20.3. The van der Waals surface area contributed by atoms with Crippen molar-refractivity contribution in [2.45, 2.75) is 56.4 Å². The number of thioether (sulfide) groups is 1. The SMILES string of the molecule is CCC(Sc1nc2ccccc2[nH]1)C(=O)N/N=C1\CCCCC1C. The number of carbonyl (C=O) groups excluding carboxylic acids is 1. The third kappa shape index (κ3) is 3.98. The molecule has 6 heteroatoms. The van der Waals surface area contributed by atoms with E-state index < -0.39 is 0 Å². The number of H-pyrrole nitrogens is 1. The molecule has 0 radical (unpaired) electrons. The molecule has 0 spiro atoms. The van der Waals surface area contributed by atoms with E-state index in [-0.39, 0.29) is 11.2 Å². The van der Waals surface area contributed by atoms with Gasteiger partial charge in [0, 0.05) is 5.71 Å². The minimum absolute atomic E-state index is 0.0479. The van der Waals surface area contributed by atoms with Crippen LogP contribution in [0, 0.1) is 5.92 Å². The molecule has 2 aromatic rings. The summed E-state index contributed by atoms with van der Waals surface area (Å²) in [6.45, 7) is 4.20. The second kappa shape index (κ2) is 7.83. The molecule has 1 aliphatic rings. The fourth-order valence-electron chi connectivity index (χ4n) is 2.98. The van der Waals surface area contributed by atoms with Crippen LogP contribution in [0.3, 0.4) is 0 Å². The fourth-order valence-corrected chi connectivity index (χ4v) is 3.89. The summed E-state index contributed by atoms with van der Waals surface area (Å²) in [6.07, 6.45) is 5.32. The van der Waals surface area contributed by atoms with Gasteiger partial charge in [0.2, 0.25) is 0 Å². The van der Waals surface area contributed by atoms with Gasteiger partial charge in [-0.05, 0) is 43.7 Å². The normalized spacial score (nSPS) is 21.1. The Bertz CT molecular complexity index is 706. The van der Waals surface area contributed by atoms with Gasteiger partial charge < -0.3 is 4.98 Å². The van der Waals surface area contributed by atoms with E-state index in [1.807, 2.05) is 31.2 Å². The average Bonchev–Trinajstić information content (AvgIpc) is 3.01. The van der Waals surface area contributed by atoms with Crippen molar-refractivity contribution in [2.24, 2.45) is 11.0 Å². The van der Waals surface area contributed by atoms with Crippen LogP contribution >= 0.6 is 11.8 Å². The number of nitrogens with one attached hydrogen (secondary N) is 2. The van der Waals surface area contributed by atoms with Crippen LogP contribution in [-0.2, 0) is 4.79 Å². The van der Waals surface area contributed by atoms with E-state index >= 15 is 0 Å². The first kappa shape index (κ1) is 17.0. The van der Waals surface area contributed by atoms with E-state index in [1.54, 1.807) is 0 Å². The molecule has 1 aromatic heterocycles.